The number of nitrogen functional groups attached to an aromatic ring is 1. The smallest absolute Gasteiger partial charge is 0.382 e. The predicted octanol–water partition coefficient (Wildman–Crippen LogP) is 6.52. The number of fused-ring (bicyclic) bond motifs is 1. The predicted molar refractivity (Wildman–Crippen MR) is 138 cm³/mol. The Bertz CT molecular complexity index is 1530. The molecule has 4 N–H and O–H groups in total. The molecule has 0 atom stereocenters. The van der Waals surface area contributed by atoms with Crippen LogP contribution in [-0.2, 0) is 12.7 Å². The van der Waals surface area contributed by atoms with Gasteiger partial charge in [0.1, 0.15) is 0 Å². The van der Waals surface area contributed by atoms with Crippen molar-refractivity contribution in [3.05, 3.63) is 65.9 Å². The van der Waals surface area contributed by atoms with Gasteiger partial charge in [-0.15, -0.1) is 0 Å². The summed E-state index contributed by atoms with van der Waals surface area (Å²) >= 11 is 0. The van der Waals surface area contributed by atoms with Crippen molar-refractivity contribution >= 4 is 34.3 Å². The van der Waals surface area contributed by atoms with Crippen molar-refractivity contribution < 1.29 is 18.0 Å². The Morgan fingerprint density at radius 1 is 1.11 bits per heavy atom. The van der Waals surface area contributed by atoms with Crippen LogP contribution in [-0.4, -0.2) is 20.8 Å². The average molecular weight is 520 g/mol. The fraction of sp³-hybridized carbons (Fsp3) is 0.259. The first-order valence-electron chi connectivity index (χ1n) is 12.1. The molecule has 0 spiro atoms. The van der Waals surface area contributed by atoms with E-state index in [1.54, 1.807) is 16.8 Å². The van der Waals surface area contributed by atoms with Crippen LogP contribution in [0.15, 0.2) is 54.6 Å². The largest absolute Gasteiger partial charge is 0.416 e. The van der Waals surface area contributed by atoms with E-state index in [1.165, 1.54) is 12.1 Å². The number of carbonyl (C=O) groups excluding carboxylic acids is 1. The first kappa shape index (κ1) is 25.1. The lowest BCUT2D eigenvalue weighted by Crippen LogP contribution is -2.19. The molecular weight excluding hydrogens is 495 g/mol. The summed E-state index contributed by atoms with van der Waals surface area (Å²) in [6, 6.07) is 15.0. The summed E-state index contributed by atoms with van der Waals surface area (Å²) in [5.41, 5.74) is 9.32. The highest BCUT2D eigenvalue weighted by Gasteiger charge is 2.30. The summed E-state index contributed by atoms with van der Waals surface area (Å²) in [6.45, 7) is 0.533. The lowest BCUT2D eigenvalue weighted by Gasteiger charge is -2.12. The maximum absolute atomic E-state index is 12.9. The number of nitrogens with zero attached hydrogens (tertiary/aromatic N) is 4. The minimum atomic E-state index is -4.50. The molecule has 1 fully saturated rings. The van der Waals surface area contributed by atoms with Gasteiger partial charge >= 0.3 is 12.2 Å². The van der Waals surface area contributed by atoms with E-state index in [-0.39, 0.29) is 5.69 Å². The van der Waals surface area contributed by atoms with Crippen molar-refractivity contribution in [1.29, 1.82) is 5.26 Å². The molecule has 0 radical (unpaired) electrons. The third-order valence-corrected chi connectivity index (χ3v) is 6.30. The van der Waals surface area contributed by atoms with E-state index in [9.17, 15) is 18.0 Å². The van der Waals surface area contributed by atoms with Gasteiger partial charge < -0.3 is 16.4 Å². The molecule has 8 nitrogen and oxygen atoms in total. The summed E-state index contributed by atoms with van der Waals surface area (Å²) in [4.78, 5) is 17.2. The molecular formula is C27H24F3N7O. The van der Waals surface area contributed by atoms with Crippen molar-refractivity contribution in [1.82, 2.24) is 14.8 Å². The lowest BCUT2D eigenvalue weighted by atomic mass is 10.0. The van der Waals surface area contributed by atoms with E-state index in [0.717, 1.165) is 47.2 Å². The number of benzene rings is 2. The highest BCUT2D eigenvalue weighted by molar-refractivity contribution is 6.02. The summed E-state index contributed by atoms with van der Waals surface area (Å²) in [6.07, 6.45) is -1.31. The number of anilines is 3. The Hall–Kier alpha value is -4.59. The molecule has 5 rings (SSSR count). The number of urea groups is 1. The number of aromatic nitrogens is 3. The van der Waals surface area contributed by atoms with Crippen molar-refractivity contribution in [2.75, 3.05) is 16.4 Å². The third-order valence-electron chi connectivity index (χ3n) is 6.30. The molecule has 1 aliphatic rings. The number of nitrogens with one attached hydrogen (secondary N) is 2. The standard InChI is InChI=1S/C27H24F3N7O/c28-27(29,30)18-4-3-5-20(14-18)34-26(38)33-19-10-8-16(9-11-19)21-15-22(17-6-7-17)35-25-23(21)24(32)36-37(25)13-2-1-12-31/h3-5,8-11,14-15,17H,1-2,6-7,13H2,(H2,32,36)(H2,33,34,38). The van der Waals surface area contributed by atoms with Crippen LogP contribution >= 0.6 is 0 Å². The Labute approximate surface area is 216 Å². The lowest BCUT2D eigenvalue weighted by molar-refractivity contribution is -0.137. The molecule has 11 heteroatoms. The molecule has 2 aromatic carbocycles. The van der Waals surface area contributed by atoms with Crippen LogP contribution in [0.2, 0.25) is 0 Å². The average Bonchev–Trinajstić information content (AvgIpc) is 3.68. The number of rotatable bonds is 7. The van der Waals surface area contributed by atoms with E-state index in [0.29, 0.717) is 42.5 Å². The zero-order chi connectivity index (χ0) is 26.9. The molecule has 4 aromatic rings. The molecule has 38 heavy (non-hydrogen) atoms. The van der Waals surface area contributed by atoms with Crippen LogP contribution in [0.1, 0.15) is 42.9 Å². The second kappa shape index (κ2) is 10.0. The molecule has 2 aromatic heterocycles. The van der Waals surface area contributed by atoms with Gasteiger partial charge in [0.2, 0.25) is 0 Å². The third kappa shape index (κ3) is 5.39. The van der Waals surface area contributed by atoms with Crippen molar-refractivity contribution in [3.8, 4) is 17.2 Å². The SMILES string of the molecule is N#CCCCn1nc(N)c2c(-c3ccc(NC(=O)Nc4cccc(C(F)(F)F)c4)cc3)cc(C3CC3)nc21. The highest BCUT2D eigenvalue weighted by atomic mass is 19.4. The van der Waals surface area contributed by atoms with Gasteiger partial charge in [-0.1, -0.05) is 18.2 Å². The number of hydrogen-bond donors (Lipinski definition) is 3. The van der Waals surface area contributed by atoms with E-state index < -0.39 is 17.8 Å². The maximum Gasteiger partial charge on any atom is 0.416 e. The molecule has 1 saturated carbocycles. The minimum Gasteiger partial charge on any atom is -0.382 e. The van der Waals surface area contributed by atoms with E-state index >= 15 is 0 Å². The molecule has 2 amide bonds. The quantitative estimate of drug-likeness (QED) is 0.240. The van der Waals surface area contributed by atoms with Gasteiger partial charge in [0.15, 0.2) is 11.5 Å². The number of halogens is 3. The van der Waals surface area contributed by atoms with Crippen LogP contribution in [0.4, 0.5) is 35.2 Å². The number of aryl methyl sites for hydroxylation is 1. The second-order valence-corrected chi connectivity index (χ2v) is 9.17. The fourth-order valence-corrected chi connectivity index (χ4v) is 4.30. The number of nitrogens with two attached hydrogens (primary N) is 1. The number of pyridine rings is 1. The minimum absolute atomic E-state index is 0.0305. The maximum atomic E-state index is 12.9. The van der Waals surface area contributed by atoms with E-state index in [4.69, 9.17) is 16.0 Å². The molecule has 0 aliphatic heterocycles. The molecule has 0 bridgehead atoms. The Morgan fingerprint density at radius 3 is 2.53 bits per heavy atom. The number of hydrogen-bond acceptors (Lipinski definition) is 5. The van der Waals surface area contributed by atoms with Gasteiger partial charge in [0.05, 0.1) is 17.0 Å². The van der Waals surface area contributed by atoms with Crippen molar-refractivity contribution in [3.63, 3.8) is 0 Å². The van der Waals surface area contributed by atoms with Crippen LogP contribution in [0, 0.1) is 11.3 Å². The topological polar surface area (TPSA) is 122 Å². The van der Waals surface area contributed by atoms with E-state index in [2.05, 4.69) is 21.8 Å². The van der Waals surface area contributed by atoms with Crippen LogP contribution in [0.3, 0.4) is 0 Å². The zero-order valence-corrected chi connectivity index (χ0v) is 20.2. The van der Waals surface area contributed by atoms with Crippen molar-refractivity contribution in [2.45, 2.75) is 44.3 Å². The van der Waals surface area contributed by atoms with Crippen LogP contribution in [0.25, 0.3) is 22.2 Å². The first-order valence-corrected chi connectivity index (χ1v) is 12.1. The normalized spacial score (nSPS) is 13.3. The monoisotopic (exact) mass is 519 g/mol. The number of alkyl halides is 3. The van der Waals surface area contributed by atoms with Crippen LogP contribution in [0.5, 0.6) is 0 Å². The first-order chi connectivity index (χ1) is 18.2. The summed E-state index contributed by atoms with van der Waals surface area (Å²) in [5.74, 6) is 0.742. The van der Waals surface area contributed by atoms with Crippen LogP contribution < -0.4 is 16.4 Å². The molecule has 1 aliphatic carbocycles. The summed E-state index contributed by atoms with van der Waals surface area (Å²) < 4.78 is 40.6. The number of unbranched alkanes of at least 4 members (excludes halogenated alkanes) is 1. The highest BCUT2D eigenvalue weighted by Crippen LogP contribution is 2.43. The zero-order valence-electron chi connectivity index (χ0n) is 20.2. The number of carbonyl (C=O) groups is 1. The van der Waals surface area contributed by atoms with Gasteiger partial charge in [0.25, 0.3) is 0 Å². The van der Waals surface area contributed by atoms with Crippen molar-refractivity contribution in [2.24, 2.45) is 0 Å². The second-order valence-electron chi connectivity index (χ2n) is 9.17. The Morgan fingerprint density at radius 2 is 1.84 bits per heavy atom. The fourth-order valence-electron chi connectivity index (χ4n) is 4.30. The Balaban J connectivity index is 1.38. The van der Waals surface area contributed by atoms with Gasteiger partial charge in [-0.3, -0.25) is 0 Å². The summed E-state index contributed by atoms with van der Waals surface area (Å²) in [7, 11) is 0. The Kier molecular flexibility index (Phi) is 6.63. The van der Waals surface area contributed by atoms with Gasteiger partial charge in [-0.2, -0.15) is 23.5 Å². The molecule has 194 valence electrons. The van der Waals surface area contributed by atoms with E-state index in [1.807, 2.05) is 18.2 Å². The summed E-state index contributed by atoms with van der Waals surface area (Å²) in [5, 5.41) is 19.1. The van der Waals surface area contributed by atoms with Gasteiger partial charge in [0, 0.05) is 36.0 Å². The number of amides is 2. The van der Waals surface area contributed by atoms with Gasteiger partial charge in [-0.25, -0.2) is 14.5 Å². The van der Waals surface area contributed by atoms with Gasteiger partial charge in [-0.05, 0) is 66.8 Å². The molecule has 0 saturated heterocycles. The molecule has 0 unspecified atom stereocenters. The number of nitriles is 1. The molecule has 2 heterocycles.